The van der Waals surface area contributed by atoms with Crippen molar-refractivity contribution >= 4 is 45.2 Å². The van der Waals surface area contributed by atoms with E-state index in [4.69, 9.17) is 5.73 Å². The van der Waals surface area contributed by atoms with E-state index in [-0.39, 0.29) is 0 Å². The van der Waals surface area contributed by atoms with Gasteiger partial charge < -0.3 is 5.73 Å². The fraction of sp³-hybridized carbons (Fsp3) is 0.100. The number of nitrogens with two attached hydrogens (primary N) is 1. The van der Waals surface area contributed by atoms with Crippen LogP contribution in [0.4, 0.5) is 5.69 Å². The van der Waals surface area contributed by atoms with Crippen molar-refractivity contribution in [1.29, 1.82) is 0 Å². The first-order chi connectivity index (χ1) is 6.76. The molecular formula is C10H9NOS2. The Morgan fingerprint density at radius 3 is 2.93 bits per heavy atom. The molecule has 2 aromatic rings. The summed E-state index contributed by atoms with van der Waals surface area (Å²) < 4.78 is 2.17. The molecular weight excluding hydrogens is 214 g/mol. The van der Waals surface area contributed by atoms with Crippen LogP contribution in [0.25, 0.3) is 10.1 Å². The number of nitrogen functional groups attached to an aromatic ring is 1. The number of fused-ring (bicyclic) bond motifs is 1. The second-order valence-electron chi connectivity index (χ2n) is 2.87. The van der Waals surface area contributed by atoms with Gasteiger partial charge in [-0.15, -0.1) is 23.1 Å². The highest BCUT2D eigenvalue weighted by Gasteiger charge is 2.07. The molecule has 0 atom stereocenters. The van der Waals surface area contributed by atoms with E-state index in [2.05, 4.69) is 0 Å². The fourth-order valence-corrected chi connectivity index (χ4v) is 3.05. The Morgan fingerprint density at radius 1 is 1.50 bits per heavy atom. The van der Waals surface area contributed by atoms with Crippen molar-refractivity contribution < 1.29 is 4.79 Å². The molecule has 0 saturated carbocycles. The zero-order chi connectivity index (χ0) is 10.1. The third kappa shape index (κ3) is 1.40. The van der Waals surface area contributed by atoms with Gasteiger partial charge in [-0.05, 0) is 24.5 Å². The Hall–Kier alpha value is -1.00. The Morgan fingerprint density at radius 2 is 2.29 bits per heavy atom. The molecule has 4 heteroatoms. The van der Waals surface area contributed by atoms with Gasteiger partial charge in [0, 0.05) is 21.3 Å². The predicted octanol–water partition coefficient (Wildman–Crippen LogP) is 3.02. The normalized spacial score (nSPS) is 10.6. The van der Waals surface area contributed by atoms with E-state index in [1.54, 1.807) is 35.2 Å². The molecule has 2 rings (SSSR count). The second-order valence-corrected chi connectivity index (χ2v) is 5.03. The molecule has 0 radical (unpaired) electrons. The monoisotopic (exact) mass is 223 g/mol. The van der Waals surface area contributed by atoms with Crippen molar-refractivity contribution in [3.63, 3.8) is 0 Å². The average molecular weight is 223 g/mol. The highest BCUT2D eigenvalue weighted by Crippen LogP contribution is 2.36. The lowest BCUT2D eigenvalue weighted by molar-refractivity contribution is 0.112. The smallest absolute Gasteiger partial charge is 0.151 e. The number of anilines is 1. The van der Waals surface area contributed by atoms with Crippen molar-refractivity contribution in [2.45, 2.75) is 4.21 Å². The molecule has 1 heterocycles. The largest absolute Gasteiger partial charge is 0.398 e. The Kier molecular flexibility index (Phi) is 2.48. The molecule has 0 unspecified atom stereocenters. The van der Waals surface area contributed by atoms with Crippen LogP contribution in [0.3, 0.4) is 0 Å². The van der Waals surface area contributed by atoms with Gasteiger partial charge in [-0.25, -0.2) is 0 Å². The van der Waals surface area contributed by atoms with E-state index in [9.17, 15) is 4.79 Å². The molecule has 0 spiro atoms. The van der Waals surface area contributed by atoms with Gasteiger partial charge in [0.05, 0.1) is 4.21 Å². The van der Waals surface area contributed by atoms with Crippen molar-refractivity contribution in [2.24, 2.45) is 0 Å². The second kappa shape index (κ2) is 3.63. The number of rotatable bonds is 2. The van der Waals surface area contributed by atoms with Gasteiger partial charge in [-0.3, -0.25) is 4.79 Å². The molecule has 1 aromatic carbocycles. The number of carbonyl (C=O) groups is 1. The minimum Gasteiger partial charge on any atom is -0.398 e. The van der Waals surface area contributed by atoms with Gasteiger partial charge in [-0.2, -0.15) is 0 Å². The standard InChI is InChI=1S/C10H9NOS2/c1-13-9-4-7-8(11)3-2-6(5-12)10(7)14-9/h2-5H,11H2,1H3. The first-order valence-electron chi connectivity index (χ1n) is 4.07. The van der Waals surface area contributed by atoms with E-state index in [0.717, 1.165) is 27.6 Å². The number of benzene rings is 1. The zero-order valence-electron chi connectivity index (χ0n) is 7.61. The lowest BCUT2D eigenvalue weighted by Crippen LogP contribution is -1.87. The van der Waals surface area contributed by atoms with Crippen LogP contribution in [-0.4, -0.2) is 12.5 Å². The number of thiophene rings is 1. The maximum atomic E-state index is 10.8. The summed E-state index contributed by atoms with van der Waals surface area (Å²) in [4.78, 5) is 10.8. The van der Waals surface area contributed by atoms with Crippen LogP contribution in [0.15, 0.2) is 22.4 Å². The average Bonchev–Trinajstić information content (AvgIpc) is 2.63. The molecule has 2 N–H and O–H groups in total. The summed E-state index contributed by atoms with van der Waals surface area (Å²) in [5, 5.41) is 0.990. The number of hydrogen-bond acceptors (Lipinski definition) is 4. The summed E-state index contributed by atoms with van der Waals surface area (Å²) in [7, 11) is 0. The summed E-state index contributed by atoms with van der Waals surface area (Å²) >= 11 is 3.28. The van der Waals surface area contributed by atoms with E-state index in [0.29, 0.717) is 0 Å². The SMILES string of the molecule is CSc1cc2c(N)ccc(C=O)c2s1. The molecule has 0 saturated heterocycles. The van der Waals surface area contributed by atoms with Crippen LogP contribution >= 0.6 is 23.1 Å². The summed E-state index contributed by atoms with van der Waals surface area (Å²) in [6, 6.07) is 5.58. The summed E-state index contributed by atoms with van der Waals surface area (Å²) in [5.41, 5.74) is 7.29. The lowest BCUT2D eigenvalue weighted by atomic mass is 10.1. The van der Waals surface area contributed by atoms with Gasteiger partial charge in [0.2, 0.25) is 0 Å². The quantitative estimate of drug-likeness (QED) is 0.483. The lowest BCUT2D eigenvalue weighted by Gasteiger charge is -1.96. The van der Waals surface area contributed by atoms with Crippen molar-refractivity contribution in [3.8, 4) is 0 Å². The van der Waals surface area contributed by atoms with Crippen LogP contribution in [0.1, 0.15) is 10.4 Å². The van der Waals surface area contributed by atoms with Gasteiger partial charge in [-0.1, -0.05) is 0 Å². The Balaban J connectivity index is 2.81. The number of aldehydes is 1. The Bertz CT molecular complexity index is 490. The predicted molar refractivity (Wildman–Crippen MR) is 63.4 cm³/mol. The van der Waals surface area contributed by atoms with Crippen LogP contribution in [0.5, 0.6) is 0 Å². The number of carbonyl (C=O) groups excluding carboxylic acids is 1. The fourth-order valence-electron chi connectivity index (χ4n) is 1.34. The third-order valence-corrected chi connectivity index (χ3v) is 4.30. The maximum absolute atomic E-state index is 10.8. The van der Waals surface area contributed by atoms with Gasteiger partial charge in [0.25, 0.3) is 0 Å². The number of hydrogen-bond donors (Lipinski definition) is 1. The molecule has 1 aromatic heterocycles. The summed E-state index contributed by atoms with van der Waals surface area (Å²) in [6.07, 6.45) is 2.89. The molecule has 0 aliphatic heterocycles. The molecule has 0 amide bonds. The molecule has 2 nitrogen and oxygen atoms in total. The topological polar surface area (TPSA) is 43.1 Å². The highest BCUT2D eigenvalue weighted by molar-refractivity contribution is 8.00. The molecule has 14 heavy (non-hydrogen) atoms. The molecule has 0 aliphatic carbocycles. The van der Waals surface area contributed by atoms with Gasteiger partial charge in [0.15, 0.2) is 6.29 Å². The van der Waals surface area contributed by atoms with Crippen LogP contribution in [0.2, 0.25) is 0 Å². The Labute approximate surface area is 90.1 Å². The van der Waals surface area contributed by atoms with Crippen LogP contribution in [0, 0.1) is 0 Å². The molecule has 0 bridgehead atoms. The summed E-state index contributed by atoms with van der Waals surface area (Å²) in [6.45, 7) is 0. The van der Waals surface area contributed by atoms with E-state index < -0.39 is 0 Å². The number of thioether (sulfide) groups is 1. The highest BCUT2D eigenvalue weighted by atomic mass is 32.2. The minimum atomic E-state index is 0.722. The zero-order valence-corrected chi connectivity index (χ0v) is 9.24. The van der Waals surface area contributed by atoms with Crippen molar-refractivity contribution in [2.75, 3.05) is 12.0 Å². The van der Waals surface area contributed by atoms with Gasteiger partial charge >= 0.3 is 0 Å². The van der Waals surface area contributed by atoms with Crippen molar-refractivity contribution in [3.05, 3.63) is 23.8 Å². The van der Waals surface area contributed by atoms with Gasteiger partial charge in [0.1, 0.15) is 0 Å². The first kappa shape index (κ1) is 9.55. The van der Waals surface area contributed by atoms with Crippen LogP contribution in [-0.2, 0) is 0 Å². The van der Waals surface area contributed by atoms with Crippen LogP contribution < -0.4 is 5.73 Å². The van der Waals surface area contributed by atoms with E-state index >= 15 is 0 Å². The maximum Gasteiger partial charge on any atom is 0.151 e. The van der Waals surface area contributed by atoms with E-state index in [1.807, 2.05) is 12.3 Å². The summed E-state index contributed by atoms with van der Waals surface area (Å²) in [5.74, 6) is 0. The molecule has 72 valence electrons. The molecule has 0 aliphatic rings. The third-order valence-electron chi connectivity index (χ3n) is 2.05. The van der Waals surface area contributed by atoms with Crippen molar-refractivity contribution in [1.82, 2.24) is 0 Å². The molecule has 0 fully saturated rings. The van der Waals surface area contributed by atoms with E-state index in [1.165, 1.54) is 4.21 Å². The first-order valence-corrected chi connectivity index (χ1v) is 6.11. The minimum absolute atomic E-state index is 0.722.